The van der Waals surface area contributed by atoms with Gasteiger partial charge in [0, 0.05) is 12.8 Å². The Morgan fingerprint density at radius 2 is 1.32 bits per heavy atom. The van der Waals surface area contributed by atoms with Crippen molar-refractivity contribution in [3.8, 4) is 0 Å². The van der Waals surface area contributed by atoms with Crippen LogP contribution in [0.15, 0.2) is 60.8 Å². The first-order valence-electron chi connectivity index (χ1n) is 13.9. The Kier molecular flexibility index (Phi) is 24.9. The molecule has 0 rings (SSSR count). The summed E-state index contributed by atoms with van der Waals surface area (Å²) in [5.41, 5.74) is 0. The number of allylic oxidation sites excluding steroid dienone is 8. The van der Waals surface area contributed by atoms with Crippen LogP contribution in [0.4, 0.5) is 0 Å². The third kappa shape index (κ3) is 26.4. The molecule has 0 saturated carbocycles. The van der Waals surface area contributed by atoms with Crippen LogP contribution in [0.1, 0.15) is 97.3 Å². The van der Waals surface area contributed by atoms with Crippen molar-refractivity contribution in [1.82, 2.24) is 0 Å². The SMILES string of the molecule is CC/C=C\C/C=C\CC(O)/C=C/C=C\C/C=C\CCCC(=O)OC[C@@H](O)COC(=O)CCCCCCC. The van der Waals surface area contributed by atoms with E-state index >= 15 is 0 Å². The fraction of sp³-hybridized carbons (Fsp3) is 0.613. The number of carbonyl (C=O) groups excluding carboxylic acids is 2. The molecule has 0 spiro atoms. The molecule has 210 valence electrons. The number of carbonyl (C=O) groups is 2. The Morgan fingerprint density at radius 3 is 2.03 bits per heavy atom. The zero-order chi connectivity index (χ0) is 27.4. The minimum atomic E-state index is -1.00. The normalized spacial score (nSPS) is 13.9. The van der Waals surface area contributed by atoms with E-state index in [4.69, 9.17) is 9.47 Å². The molecule has 0 aliphatic heterocycles. The van der Waals surface area contributed by atoms with Gasteiger partial charge in [0.25, 0.3) is 0 Å². The van der Waals surface area contributed by atoms with Gasteiger partial charge in [-0.2, -0.15) is 0 Å². The Morgan fingerprint density at radius 1 is 0.703 bits per heavy atom. The van der Waals surface area contributed by atoms with Crippen LogP contribution < -0.4 is 0 Å². The monoisotopic (exact) mass is 518 g/mol. The molecular weight excluding hydrogens is 468 g/mol. The molecule has 2 atom stereocenters. The maximum atomic E-state index is 11.8. The number of esters is 2. The van der Waals surface area contributed by atoms with Crippen LogP contribution in [-0.2, 0) is 19.1 Å². The van der Waals surface area contributed by atoms with Crippen LogP contribution in [-0.4, -0.2) is 47.6 Å². The van der Waals surface area contributed by atoms with Gasteiger partial charge >= 0.3 is 11.9 Å². The molecule has 0 saturated heterocycles. The fourth-order valence-corrected chi connectivity index (χ4v) is 3.20. The van der Waals surface area contributed by atoms with Crippen LogP contribution in [0.25, 0.3) is 0 Å². The second kappa shape index (κ2) is 26.6. The van der Waals surface area contributed by atoms with E-state index in [9.17, 15) is 19.8 Å². The van der Waals surface area contributed by atoms with Crippen molar-refractivity contribution in [1.29, 1.82) is 0 Å². The van der Waals surface area contributed by atoms with Crippen molar-refractivity contribution in [3.63, 3.8) is 0 Å². The quantitative estimate of drug-likeness (QED) is 0.0678. The van der Waals surface area contributed by atoms with Gasteiger partial charge in [0.1, 0.15) is 19.3 Å². The molecule has 0 aliphatic carbocycles. The maximum absolute atomic E-state index is 11.8. The molecule has 0 radical (unpaired) electrons. The first-order valence-corrected chi connectivity index (χ1v) is 13.9. The topological polar surface area (TPSA) is 93.1 Å². The second-order valence-electron chi connectivity index (χ2n) is 8.99. The minimum Gasteiger partial charge on any atom is -0.463 e. The summed E-state index contributed by atoms with van der Waals surface area (Å²) in [6.45, 7) is 3.93. The number of aliphatic hydroxyl groups excluding tert-OH is 2. The fourth-order valence-electron chi connectivity index (χ4n) is 3.20. The van der Waals surface area contributed by atoms with E-state index in [1.807, 2.05) is 36.5 Å². The highest BCUT2D eigenvalue weighted by Crippen LogP contribution is 2.06. The number of rotatable bonds is 23. The second-order valence-corrected chi connectivity index (χ2v) is 8.99. The summed E-state index contributed by atoms with van der Waals surface area (Å²) in [6, 6.07) is 0. The molecule has 0 aromatic heterocycles. The van der Waals surface area contributed by atoms with E-state index in [1.54, 1.807) is 6.08 Å². The molecule has 6 nitrogen and oxygen atoms in total. The van der Waals surface area contributed by atoms with Gasteiger partial charge in [0.05, 0.1) is 6.10 Å². The first-order chi connectivity index (χ1) is 18.0. The van der Waals surface area contributed by atoms with E-state index in [0.29, 0.717) is 19.3 Å². The maximum Gasteiger partial charge on any atom is 0.305 e. The Bertz CT molecular complexity index is 704. The highest BCUT2D eigenvalue weighted by atomic mass is 16.6. The summed E-state index contributed by atoms with van der Waals surface area (Å²) in [6.07, 6.45) is 29.0. The Balaban J connectivity index is 3.74. The highest BCUT2D eigenvalue weighted by Gasteiger charge is 2.11. The smallest absolute Gasteiger partial charge is 0.305 e. The Labute approximate surface area is 224 Å². The van der Waals surface area contributed by atoms with Crippen molar-refractivity contribution in [2.24, 2.45) is 0 Å². The molecule has 6 heteroatoms. The summed E-state index contributed by atoms with van der Waals surface area (Å²) in [5, 5.41) is 19.7. The van der Waals surface area contributed by atoms with Crippen molar-refractivity contribution >= 4 is 11.9 Å². The molecule has 0 heterocycles. The van der Waals surface area contributed by atoms with E-state index < -0.39 is 12.2 Å². The Hall–Kier alpha value is -2.44. The van der Waals surface area contributed by atoms with E-state index in [1.165, 1.54) is 6.42 Å². The molecule has 0 fully saturated rings. The average Bonchev–Trinajstić information content (AvgIpc) is 2.89. The van der Waals surface area contributed by atoms with Crippen LogP contribution in [0.3, 0.4) is 0 Å². The van der Waals surface area contributed by atoms with Gasteiger partial charge in [0.2, 0.25) is 0 Å². The van der Waals surface area contributed by atoms with E-state index in [-0.39, 0.29) is 31.6 Å². The number of ether oxygens (including phenoxy) is 2. The largest absolute Gasteiger partial charge is 0.463 e. The summed E-state index contributed by atoms with van der Waals surface area (Å²) in [7, 11) is 0. The molecule has 2 N–H and O–H groups in total. The van der Waals surface area contributed by atoms with Gasteiger partial charge in [-0.15, -0.1) is 0 Å². The van der Waals surface area contributed by atoms with Crippen LogP contribution in [0.5, 0.6) is 0 Å². The zero-order valence-electron chi connectivity index (χ0n) is 23.1. The van der Waals surface area contributed by atoms with Crippen molar-refractivity contribution < 1.29 is 29.3 Å². The lowest BCUT2D eigenvalue weighted by molar-refractivity contribution is -0.152. The number of hydrogen-bond donors (Lipinski definition) is 2. The lowest BCUT2D eigenvalue weighted by Gasteiger charge is -2.12. The molecule has 0 aromatic carbocycles. The predicted octanol–water partition coefficient (Wildman–Crippen LogP) is 6.69. The predicted molar refractivity (Wildman–Crippen MR) is 151 cm³/mol. The highest BCUT2D eigenvalue weighted by molar-refractivity contribution is 5.69. The third-order valence-corrected chi connectivity index (χ3v) is 5.35. The molecular formula is C31H50O6. The average molecular weight is 519 g/mol. The van der Waals surface area contributed by atoms with Crippen molar-refractivity contribution in [2.45, 2.75) is 110 Å². The molecule has 0 aromatic rings. The lowest BCUT2D eigenvalue weighted by atomic mass is 10.1. The zero-order valence-corrected chi connectivity index (χ0v) is 23.1. The number of unbranched alkanes of at least 4 members (excludes halogenated alkanes) is 5. The molecule has 37 heavy (non-hydrogen) atoms. The summed E-state index contributed by atoms with van der Waals surface area (Å²) >= 11 is 0. The minimum absolute atomic E-state index is 0.153. The summed E-state index contributed by atoms with van der Waals surface area (Å²) in [4.78, 5) is 23.4. The van der Waals surface area contributed by atoms with Gasteiger partial charge in [-0.1, -0.05) is 100 Å². The van der Waals surface area contributed by atoms with Gasteiger partial charge in [-0.3, -0.25) is 9.59 Å². The number of aliphatic hydroxyl groups is 2. The summed E-state index contributed by atoms with van der Waals surface area (Å²) < 4.78 is 10.1. The first kappa shape index (κ1) is 34.6. The van der Waals surface area contributed by atoms with E-state index in [2.05, 4.69) is 32.1 Å². The van der Waals surface area contributed by atoms with Crippen LogP contribution in [0.2, 0.25) is 0 Å². The molecule has 1 unspecified atom stereocenters. The van der Waals surface area contributed by atoms with Crippen LogP contribution >= 0.6 is 0 Å². The van der Waals surface area contributed by atoms with E-state index in [0.717, 1.165) is 51.4 Å². The molecule has 0 amide bonds. The van der Waals surface area contributed by atoms with Crippen LogP contribution in [0, 0.1) is 0 Å². The lowest BCUT2D eigenvalue weighted by Crippen LogP contribution is -2.25. The molecule has 0 aliphatic rings. The standard InChI is InChI=1S/C31H50O6/c1-3-5-7-9-15-18-22-28(32)23-19-16-12-10-11-13-17-21-25-31(35)37-27-29(33)26-36-30(34)24-20-14-8-6-4-2/h5,7,11-13,15-16,18-19,23,28-29,32-33H,3-4,6,8-10,14,17,20-22,24-27H2,1-2H3/b7-5-,13-11-,16-12-,18-15-,23-19+/t28?,29-/m0/s1. The number of hydrogen-bond acceptors (Lipinski definition) is 6. The van der Waals surface area contributed by atoms with Crippen molar-refractivity contribution in [3.05, 3.63) is 60.8 Å². The van der Waals surface area contributed by atoms with Gasteiger partial charge < -0.3 is 19.7 Å². The third-order valence-electron chi connectivity index (χ3n) is 5.35. The van der Waals surface area contributed by atoms with Crippen molar-refractivity contribution in [2.75, 3.05) is 13.2 Å². The van der Waals surface area contributed by atoms with Gasteiger partial charge in [0.15, 0.2) is 0 Å². The summed E-state index contributed by atoms with van der Waals surface area (Å²) in [5.74, 6) is -0.693. The van der Waals surface area contributed by atoms with Gasteiger partial charge in [-0.05, 0) is 44.9 Å². The molecule has 0 bridgehead atoms. The van der Waals surface area contributed by atoms with Gasteiger partial charge in [-0.25, -0.2) is 0 Å².